The van der Waals surface area contributed by atoms with E-state index < -0.39 is 17.3 Å². The Hall–Kier alpha value is -2.09. The van der Waals surface area contributed by atoms with Crippen LogP contribution >= 0.6 is 0 Å². The molecule has 0 aromatic heterocycles. The minimum atomic E-state index is -4.36. The first kappa shape index (κ1) is 14.8. The fourth-order valence-electron chi connectivity index (χ4n) is 2.63. The van der Waals surface area contributed by atoms with Gasteiger partial charge in [0.2, 0.25) is 5.96 Å². The minimum absolute atomic E-state index is 0.164. The van der Waals surface area contributed by atoms with Crippen LogP contribution in [-0.4, -0.2) is 30.5 Å². The van der Waals surface area contributed by atoms with Crippen molar-refractivity contribution in [1.82, 2.24) is 10.6 Å². The fourth-order valence-corrected chi connectivity index (χ4v) is 2.63. The third-order valence-corrected chi connectivity index (χ3v) is 3.89. The maximum atomic E-state index is 12.5. The molecule has 3 rings (SSSR count). The highest BCUT2D eigenvalue weighted by Crippen LogP contribution is 2.30. The molecule has 1 amide bonds. The molecule has 1 aromatic carbocycles. The summed E-state index contributed by atoms with van der Waals surface area (Å²) in [5.74, 6) is 0.120. The molecule has 0 unspecified atom stereocenters. The summed E-state index contributed by atoms with van der Waals surface area (Å²) in [7, 11) is 0. The van der Waals surface area contributed by atoms with Crippen molar-refractivity contribution in [2.45, 2.75) is 24.6 Å². The number of carbonyl (C=O) groups excluding carboxylic acids is 1. The van der Waals surface area contributed by atoms with Gasteiger partial charge in [0.25, 0.3) is 5.91 Å². The SMILES string of the molecule is O=C1NC(Nc2ccc(C(F)(F)F)cc2)=NC12CCNCC2. The number of anilines is 1. The first-order valence-corrected chi connectivity index (χ1v) is 6.95. The number of hydrogen-bond acceptors (Lipinski definition) is 4. The van der Waals surface area contributed by atoms with Crippen LogP contribution in [0.3, 0.4) is 0 Å². The van der Waals surface area contributed by atoms with E-state index in [9.17, 15) is 18.0 Å². The predicted octanol–water partition coefficient (Wildman–Crippen LogP) is 1.73. The standard InChI is InChI=1S/C14H15F3N4O/c15-14(16,17)9-1-3-10(4-2-9)19-12-20-11(22)13(21-12)5-7-18-8-6-13/h1-4,18H,5-8H2,(H2,19,20,21,22). The van der Waals surface area contributed by atoms with Crippen molar-refractivity contribution in [3.05, 3.63) is 29.8 Å². The highest BCUT2D eigenvalue weighted by atomic mass is 19.4. The summed E-state index contributed by atoms with van der Waals surface area (Å²) < 4.78 is 37.5. The maximum Gasteiger partial charge on any atom is 0.416 e. The largest absolute Gasteiger partial charge is 0.416 e. The van der Waals surface area contributed by atoms with Crippen LogP contribution in [0, 0.1) is 0 Å². The molecular formula is C14H15F3N4O. The molecule has 2 aliphatic rings. The number of nitrogens with zero attached hydrogens (tertiary/aromatic N) is 1. The van der Waals surface area contributed by atoms with Gasteiger partial charge in [-0.2, -0.15) is 13.2 Å². The molecule has 2 aliphatic heterocycles. The van der Waals surface area contributed by atoms with Crippen molar-refractivity contribution < 1.29 is 18.0 Å². The van der Waals surface area contributed by atoms with Gasteiger partial charge in [0, 0.05) is 5.69 Å². The zero-order chi connectivity index (χ0) is 15.8. The highest BCUT2D eigenvalue weighted by Gasteiger charge is 2.44. The number of nitrogens with one attached hydrogen (secondary N) is 3. The van der Waals surface area contributed by atoms with E-state index in [0.717, 1.165) is 12.1 Å². The van der Waals surface area contributed by atoms with E-state index in [2.05, 4.69) is 20.9 Å². The van der Waals surface area contributed by atoms with Crippen molar-refractivity contribution in [3.63, 3.8) is 0 Å². The number of amides is 1. The predicted molar refractivity (Wildman–Crippen MR) is 75.5 cm³/mol. The van der Waals surface area contributed by atoms with E-state index in [1.807, 2.05) is 0 Å². The topological polar surface area (TPSA) is 65.5 Å². The van der Waals surface area contributed by atoms with Crippen molar-refractivity contribution in [3.8, 4) is 0 Å². The third-order valence-electron chi connectivity index (χ3n) is 3.89. The Balaban J connectivity index is 1.73. The molecule has 0 radical (unpaired) electrons. The molecule has 22 heavy (non-hydrogen) atoms. The number of halogens is 3. The molecule has 1 aromatic rings. The summed E-state index contributed by atoms with van der Waals surface area (Å²) in [6.07, 6.45) is -3.15. The number of hydrogen-bond donors (Lipinski definition) is 3. The average Bonchev–Trinajstić information content (AvgIpc) is 2.75. The van der Waals surface area contributed by atoms with E-state index in [1.165, 1.54) is 12.1 Å². The smallest absolute Gasteiger partial charge is 0.326 e. The molecule has 1 spiro atoms. The van der Waals surface area contributed by atoms with Gasteiger partial charge in [0.1, 0.15) is 5.54 Å². The monoisotopic (exact) mass is 312 g/mol. The Kier molecular flexibility index (Phi) is 3.56. The molecule has 5 nitrogen and oxygen atoms in total. The van der Waals surface area contributed by atoms with Crippen LogP contribution in [0.15, 0.2) is 29.3 Å². The van der Waals surface area contributed by atoms with Gasteiger partial charge in [0.05, 0.1) is 5.56 Å². The lowest BCUT2D eigenvalue weighted by Gasteiger charge is -2.27. The van der Waals surface area contributed by atoms with Crippen molar-refractivity contribution >= 4 is 17.6 Å². The van der Waals surface area contributed by atoms with Crippen molar-refractivity contribution in [2.75, 3.05) is 18.4 Å². The fraction of sp³-hybridized carbons (Fsp3) is 0.429. The Morgan fingerprint density at radius 3 is 2.36 bits per heavy atom. The van der Waals surface area contributed by atoms with Gasteiger partial charge in [-0.25, -0.2) is 4.99 Å². The van der Waals surface area contributed by atoms with Crippen LogP contribution in [0.5, 0.6) is 0 Å². The van der Waals surface area contributed by atoms with E-state index in [4.69, 9.17) is 0 Å². The van der Waals surface area contributed by atoms with Crippen LogP contribution in [-0.2, 0) is 11.0 Å². The quantitative estimate of drug-likeness (QED) is 0.740. The Morgan fingerprint density at radius 1 is 1.14 bits per heavy atom. The van der Waals surface area contributed by atoms with Crippen molar-refractivity contribution in [1.29, 1.82) is 0 Å². The van der Waals surface area contributed by atoms with Gasteiger partial charge >= 0.3 is 6.18 Å². The molecule has 118 valence electrons. The number of piperidine rings is 1. The third kappa shape index (κ3) is 2.78. The first-order chi connectivity index (χ1) is 10.4. The Bertz CT molecular complexity index is 604. The second-order valence-corrected chi connectivity index (χ2v) is 5.40. The normalized spacial score (nSPS) is 20.7. The molecule has 0 atom stereocenters. The second kappa shape index (κ2) is 5.28. The van der Waals surface area contributed by atoms with Crippen LogP contribution in [0.4, 0.5) is 18.9 Å². The average molecular weight is 312 g/mol. The van der Waals surface area contributed by atoms with Gasteiger partial charge in [0.15, 0.2) is 0 Å². The molecule has 2 heterocycles. The molecule has 0 bridgehead atoms. The zero-order valence-electron chi connectivity index (χ0n) is 11.6. The van der Waals surface area contributed by atoms with Crippen LogP contribution in [0.2, 0.25) is 0 Å². The maximum absolute atomic E-state index is 12.5. The van der Waals surface area contributed by atoms with Crippen LogP contribution in [0.25, 0.3) is 0 Å². The summed E-state index contributed by atoms with van der Waals surface area (Å²) in [6.45, 7) is 1.43. The number of aliphatic imine (C=N–C) groups is 1. The minimum Gasteiger partial charge on any atom is -0.326 e. The number of carbonyl (C=O) groups is 1. The molecule has 0 aliphatic carbocycles. The summed E-state index contributed by atoms with van der Waals surface area (Å²) in [5, 5.41) is 8.67. The number of guanidine groups is 1. The number of alkyl halides is 3. The number of benzene rings is 1. The van der Waals surface area contributed by atoms with Gasteiger partial charge < -0.3 is 10.6 Å². The molecule has 3 N–H and O–H groups in total. The van der Waals surface area contributed by atoms with E-state index in [0.29, 0.717) is 31.6 Å². The molecular weight excluding hydrogens is 297 g/mol. The number of rotatable bonds is 1. The van der Waals surface area contributed by atoms with Gasteiger partial charge in [-0.05, 0) is 50.2 Å². The lowest BCUT2D eigenvalue weighted by Crippen LogP contribution is -2.47. The highest BCUT2D eigenvalue weighted by molar-refractivity contribution is 6.12. The first-order valence-electron chi connectivity index (χ1n) is 6.95. The van der Waals surface area contributed by atoms with E-state index in [-0.39, 0.29) is 11.9 Å². The lowest BCUT2D eigenvalue weighted by atomic mass is 9.89. The molecule has 8 heteroatoms. The second-order valence-electron chi connectivity index (χ2n) is 5.40. The van der Waals surface area contributed by atoms with Crippen LogP contribution < -0.4 is 16.0 Å². The van der Waals surface area contributed by atoms with E-state index >= 15 is 0 Å². The Morgan fingerprint density at radius 2 is 1.77 bits per heavy atom. The Labute approximate surface area is 125 Å². The van der Waals surface area contributed by atoms with Gasteiger partial charge in [-0.3, -0.25) is 10.1 Å². The molecule has 1 fully saturated rings. The lowest BCUT2D eigenvalue weighted by molar-refractivity contribution is -0.137. The van der Waals surface area contributed by atoms with Gasteiger partial charge in [-0.1, -0.05) is 0 Å². The van der Waals surface area contributed by atoms with E-state index in [1.54, 1.807) is 0 Å². The molecule has 0 saturated carbocycles. The van der Waals surface area contributed by atoms with Crippen LogP contribution in [0.1, 0.15) is 18.4 Å². The summed E-state index contributed by atoms with van der Waals surface area (Å²) >= 11 is 0. The molecule has 1 saturated heterocycles. The van der Waals surface area contributed by atoms with Crippen molar-refractivity contribution in [2.24, 2.45) is 4.99 Å². The summed E-state index contributed by atoms with van der Waals surface area (Å²) in [6, 6.07) is 4.59. The summed E-state index contributed by atoms with van der Waals surface area (Å²) in [4.78, 5) is 16.5. The van der Waals surface area contributed by atoms with Gasteiger partial charge in [-0.15, -0.1) is 0 Å². The zero-order valence-corrected chi connectivity index (χ0v) is 11.6. The summed E-state index contributed by atoms with van der Waals surface area (Å²) in [5.41, 5.74) is -1.03.